The Kier molecular flexibility index (Phi) is 7.45. The molecule has 182 valence electrons. The summed E-state index contributed by atoms with van der Waals surface area (Å²) in [6, 6.07) is 9.11. The van der Waals surface area contributed by atoms with Crippen LogP contribution < -0.4 is 4.74 Å². The molecule has 0 spiro atoms. The van der Waals surface area contributed by atoms with Crippen LogP contribution in [0.2, 0.25) is 0 Å². The number of carbonyl (C=O) groups excluding carboxylic acids is 1. The molecule has 2 heterocycles. The molecule has 0 aliphatic carbocycles. The van der Waals surface area contributed by atoms with Crippen LogP contribution in [0.1, 0.15) is 54.9 Å². The van der Waals surface area contributed by atoms with Crippen molar-refractivity contribution in [3.05, 3.63) is 70.8 Å². The number of fused-ring (bicyclic) bond motifs is 1. The number of halogens is 1. The van der Waals surface area contributed by atoms with Crippen LogP contribution in [0.15, 0.2) is 47.5 Å². The van der Waals surface area contributed by atoms with Crippen LogP contribution in [0.5, 0.6) is 5.75 Å². The van der Waals surface area contributed by atoms with Crippen molar-refractivity contribution < 1.29 is 22.3 Å². The number of benzene rings is 2. The number of rotatable bonds is 5. The molecule has 2 aromatic carbocycles. The Hall–Kier alpha value is -3.20. The fraction of sp³-hybridized carbons (Fsp3) is 0.360. The SMILES string of the molecule is CC.Cc1ccc(F)c(-n2cc3c(n2)CN(C(=O)c2cc(S(C)(=O)=O)ccc2OC(C)C)C3)c1. The highest BCUT2D eigenvalue weighted by atomic mass is 32.2. The van der Waals surface area contributed by atoms with E-state index in [1.807, 2.05) is 34.6 Å². The Balaban J connectivity index is 0.00000158. The fourth-order valence-electron chi connectivity index (χ4n) is 3.65. The van der Waals surface area contributed by atoms with Gasteiger partial charge in [0.15, 0.2) is 9.84 Å². The first-order valence-corrected chi connectivity index (χ1v) is 13.1. The number of aryl methyl sites for hydroxylation is 1. The average molecular weight is 488 g/mol. The number of sulfone groups is 1. The van der Waals surface area contributed by atoms with Crippen molar-refractivity contribution in [3.8, 4) is 11.4 Å². The highest BCUT2D eigenvalue weighted by molar-refractivity contribution is 7.90. The van der Waals surface area contributed by atoms with Crippen LogP contribution in [-0.2, 0) is 22.9 Å². The monoisotopic (exact) mass is 487 g/mol. The van der Waals surface area contributed by atoms with Gasteiger partial charge in [-0.1, -0.05) is 19.9 Å². The predicted octanol–water partition coefficient (Wildman–Crippen LogP) is 4.69. The minimum absolute atomic E-state index is 0.0500. The number of carbonyl (C=O) groups is 1. The lowest BCUT2D eigenvalue weighted by Gasteiger charge is -2.20. The summed E-state index contributed by atoms with van der Waals surface area (Å²) in [5, 5.41) is 4.47. The van der Waals surface area contributed by atoms with E-state index in [1.165, 1.54) is 28.9 Å². The summed E-state index contributed by atoms with van der Waals surface area (Å²) in [5.74, 6) is -0.399. The summed E-state index contributed by atoms with van der Waals surface area (Å²) in [6.07, 6.45) is 2.63. The molecule has 0 atom stereocenters. The van der Waals surface area contributed by atoms with E-state index >= 15 is 0 Å². The van der Waals surface area contributed by atoms with Crippen LogP contribution in [-0.4, -0.2) is 41.4 Å². The molecule has 0 radical (unpaired) electrons. The van der Waals surface area contributed by atoms with Gasteiger partial charge in [-0.05, 0) is 56.7 Å². The molecule has 9 heteroatoms. The molecule has 0 fully saturated rings. The van der Waals surface area contributed by atoms with E-state index in [-0.39, 0.29) is 41.4 Å². The van der Waals surface area contributed by atoms with Gasteiger partial charge in [0.2, 0.25) is 0 Å². The zero-order chi connectivity index (χ0) is 25.2. The van der Waals surface area contributed by atoms with Gasteiger partial charge < -0.3 is 9.64 Å². The number of aromatic nitrogens is 2. The Labute approximate surface area is 200 Å². The van der Waals surface area contributed by atoms with Crippen LogP contribution >= 0.6 is 0 Å². The van der Waals surface area contributed by atoms with Crippen molar-refractivity contribution in [1.29, 1.82) is 0 Å². The second-order valence-corrected chi connectivity index (χ2v) is 10.3. The highest BCUT2D eigenvalue weighted by Gasteiger charge is 2.30. The smallest absolute Gasteiger partial charge is 0.258 e. The van der Waals surface area contributed by atoms with E-state index in [0.29, 0.717) is 17.1 Å². The van der Waals surface area contributed by atoms with Gasteiger partial charge in [0.1, 0.15) is 17.3 Å². The molecule has 3 aromatic rings. The molecule has 1 aliphatic rings. The van der Waals surface area contributed by atoms with Crippen LogP contribution in [0, 0.1) is 12.7 Å². The fourth-order valence-corrected chi connectivity index (χ4v) is 4.30. The van der Waals surface area contributed by atoms with E-state index in [0.717, 1.165) is 17.4 Å². The molecule has 0 unspecified atom stereocenters. The molecule has 1 aliphatic heterocycles. The van der Waals surface area contributed by atoms with Crippen molar-refractivity contribution in [2.75, 3.05) is 6.26 Å². The minimum Gasteiger partial charge on any atom is -0.490 e. The number of nitrogens with zero attached hydrogens (tertiary/aromatic N) is 3. The normalized spacial score (nSPS) is 12.9. The average Bonchev–Trinajstić information content (AvgIpc) is 3.35. The Bertz CT molecular complexity index is 1290. The van der Waals surface area contributed by atoms with E-state index in [4.69, 9.17) is 4.74 Å². The molecule has 0 bridgehead atoms. The summed E-state index contributed by atoms with van der Waals surface area (Å²) in [7, 11) is -3.49. The summed E-state index contributed by atoms with van der Waals surface area (Å²) < 4.78 is 45.5. The molecular formula is C25H30FN3O4S. The molecule has 0 N–H and O–H groups in total. The second-order valence-electron chi connectivity index (χ2n) is 8.26. The van der Waals surface area contributed by atoms with Crippen LogP contribution in [0.4, 0.5) is 4.39 Å². The molecular weight excluding hydrogens is 457 g/mol. The van der Waals surface area contributed by atoms with Gasteiger partial charge in [-0.2, -0.15) is 5.10 Å². The van der Waals surface area contributed by atoms with E-state index in [2.05, 4.69) is 5.10 Å². The van der Waals surface area contributed by atoms with Crippen LogP contribution in [0.25, 0.3) is 5.69 Å². The Morgan fingerprint density at radius 2 is 1.82 bits per heavy atom. The third-order valence-corrected chi connectivity index (χ3v) is 6.30. The lowest BCUT2D eigenvalue weighted by Crippen LogP contribution is -2.27. The standard InChI is InChI=1S/C23H24FN3O4S.C2H6/c1-14(2)31-22-8-6-17(32(4,29)30)10-18(22)23(28)26-11-16-12-27(25-20(16)13-26)21-9-15(3)5-7-19(21)24;1-2/h5-10,12,14H,11,13H2,1-4H3;1-2H3. The molecule has 34 heavy (non-hydrogen) atoms. The maximum absolute atomic E-state index is 14.2. The van der Waals surface area contributed by atoms with Gasteiger partial charge in [0, 0.05) is 24.6 Å². The first-order chi connectivity index (χ1) is 16.0. The molecule has 0 saturated carbocycles. The third kappa shape index (κ3) is 5.30. The maximum Gasteiger partial charge on any atom is 0.258 e. The van der Waals surface area contributed by atoms with E-state index < -0.39 is 9.84 Å². The Morgan fingerprint density at radius 1 is 1.12 bits per heavy atom. The van der Waals surface area contributed by atoms with Crippen molar-refractivity contribution >= 4 is 15.7 Å². The van der Waals surface area contributed by atoms with Crippen LogP contribution in [0.3, 0.4) is 0 Å². The van der Waals surface area contributed by atoms with Crippen molar-refractivity contribution in [2.45, 2.75) is 58.7 Å². The van der Waals surface area contributed by atoms with Gasteiger partial charge in [0.25, 0.3) is 5.91 Å². The summed E-state index contributed by atoms with van der Waals surface area (Å²) >= 11 is 0. The van der Waals surface area contributed by atoms with Gasteiger partial charge in [-0.3, -0.25) is 4.79 Å². The second kappa shape index (κ2) is 9.97. The topological polar surface area (TPSA) is 81.5 Å². The first kappa shape index (κ1) is 25.4. The van der Waals surface area contributed by atoms with Gasteiger partial charge >= 0.3 is 0 Å². The largest absolute Gasteiger partial charge is 0.490 e. The number of amides is 1. The van der Waals surface area contributed by atoms with Crippen molar-refractivity contribution in [3.63, 3.8) is 0 Å². The Morgan fingerprint density at radius 3 is 2.44 bits per heavy atom. The third-order valence-electron chi connectivity index (χ3n) is 5.19. The zero-order valence-corrected chi connectivity index (χ0v) is 21.1. The lowest BCUT2D eigenvalue weighted by atomic mass is 10.1. The molecule has 7 nitrogen and oxygen atoms in total. The van der Waals surface area contributed by atoms with E-state index in [1.54, 1.807) is 23.2 Å². The highest BCUT2D eigenvalue weighted by Crippen LogP contribution is 2.30. The zero-order valence-electron chi connectivity index (χ0n) is 20.3. The first-order valence-electron chi connectivity index (χ1n) is 11.2. The summed E-state index contributed by atoms with van der Waals surface area (Å²) in [6.45, 7) is 10.1. The maximum atomic E-state index is 14.2. The van der Waals surface area contributed by atoms with Gasteiger partial charge in [-0.15, -0.1) is 0 Å². The van der Waals surface area contributed by atoms with Gasteiger partial charge in [-0.25, -0.2) is 17.5 Å². The quantitative estimate of drug-likeness (QED) is 0.521. The summed E-state index contributed by atoms with van der Waals surface area (Å²) in [5.41, 5.74) is 2.93. The molecule has 4 rings (SSSR count). The number of hydrogen-bond donors (Lipinski definition) is 0. The lowest BCUT2D eigenvalue weighted by molar-refractivity contribution is 0.0742. The van der Waals surface area contributed by atoms with Crippen molar-refractivity contribution in [2.24, 2.45) is 0 Å². The number of hydrogen-bond acceptors (Lipinski definition) is 5. The summed E-state index contributed by atoms with van der Waals surface area (Å²) in [4.78, 5) is 14.9. The number of ether oxygens (including phenoxy) is 1. The molecule has 0 saturated heterocycles. The van der Waals surface area contributed by atoms with E-state index in [9.17, 15) is 17.6 Å². The van der Waals surface area contributed by atoms with Crippen molar-refractivity contribution in [1.82, 2.24) is 14.7 Å². The molecule has 1 aromatic heterocycles. The van der Waals surface area contributed by atoms with Gasteiger partial charge in [0.05, 0.1) is 28.8 Å². The predicted molar refractivity (Wildman–Crippen MR) is 129 cm³/mol. The minimum atomic E-state index is -3.49. The molecule has 1 amide bonds.